The molecule has 5 nitrogen and oxygen atoms in total. The minimum atomic E-state index is -0.531. The molecule has 2 rings (SSSR count). The number of anilines is 1. The molecule has 20 heavy (non-hydrogen) atoms. The molecule has 0 aliphatic rings. The molecule has 0 atom stereocenters. The highest BCUT2D eigenvalue weighted by molar-refractivity contribution is 6.32. The normalized spacial score (nSPS) is 9.80. The molecule has 0 saturated carbocycles. The number of halogens is 1. The average Bonchev–Trinajstić information content (AvgIpc) is 2.46. The number of nitro benzene ring substituents is 1. The first-order chi connectivity index (χ1) is 9.61. The third kappa shape index (κ3) is 3.05. The van der Waals surface area contributed by atoms with E-state index in [1.54, 1.807) is 18.2 Å². The van der Waals surface area contributed by atoms with Crippen molar-refractivity contribution in [2.24, 2.45) is 0 Å². The molecule has 0 fully saturated rings. The Morgan fingerprint density at radius 2 is 2.05 bits per heavy atom. The maximum atomic E-state index is 10.8. The van der Waals surface area contributed by atoms with Crippen molar-refractivity contribution in [1.29, 1.82) is 5.26 Å². The van der Waals surface area contributed by atoms with Crippen LogP contribution in [0.25, 0.3) is 0 Å². The molecular formula is C14H10ClN3O2. The van der Waals surface area contributed by atoms with E-state index in [-0.39, 0.29) is 10.7 Å². The highest BCUT2D eigenvalue weighted by Gasteiger charge is 2.12. The summed E-state index contributed by atoms with van der Waals surface area (Å²) in [5.41, 5.74) is 1.83. The molecule has 0 aromatic heterocycles. The zero-order valence-corrected chi connectivity index (χ0v) is 11.1. The second-order valence-electron chi connectivity index (χ2n) is 4.05. The van der Waals surface area contributed by atoms with Gasteiger partial charge in [-0.1, -0.05) is 29.8 Å². The van der Waals surface area contributed by atoms with Gasteiger partial charge >= 0.3 is 0 Å². The van der Waals surface area contributed by atoms with E-state index in [4.69, 9.17) is 16.9 Å². The zero-order chi connectivity index (χ0) is 14.5. The number of nitro groups is 1. The Labute approximate surface area is 120 Å². The van der Waals surface area contributed by atoms with Crippen molar-refractivity contribution in [3.05, 3.63) is 68.7 Å². The Hall–Kier alpha value is -2.58. The summed E-state index contributed by atoms with van der Waals surface area (Å²) in [6.07, 6.45) is 0. The summed E-state index contributed by atoms with van der Waals surface area (Å²) in [4.78, 5) is 10.3. The average molecular weight is 288 g/mol. The summed E-state index contributed by atoms with van der Waals surface area (Å²) in [6, 6.07) is 13.8. The lowest BCUT2D eigenvalue weighted by Crippen LogP contribution is -2.02. The van der Waals surface area contributed by atoms with E-state index in [1.165, 1.54) is 12.1 Å². The van der Waals surface area contributed by atoms with Gasteiger partial charge in [0.05, 0.1) is 16.6 Å². The van der Waals surface area contributed by atoms with Crippen LogP contribution in [0.1, 0.15) is 11.1 Å². The number of nitriles is 1. The van der Waals surface area contributed by atoms with Gasteiger partial charge in [-0.25, -0.2) is 0 Å². The molecule has 2 aromatic carbocycles. The van der Waals surface area contributed by atoms with Crippen LogP contribution in [0.5, 0.6) is 0 Å². The Morgan fingerprint density at radius 3 is 2.75 bits per heavy atom. The van der Waals surface area contributed by atoms with Crippen molar-refractivity contribution in [3.8, 4) is 6.07 Å². The van der Waals surface area contributed by atoms with Crippen LogP contribution in [-0.2, 0) is 6.54 Å². The van der Waals surface area contributed by atoms with Crippen LogP contribution in [0.3, 0.4) is 0 Å². The van der Waals surface area contributed by atoms with Crippen LogP contribution < -0.4 is 5.32 Å². The number of rotatable bonds is 4. The van der Waals surface area contributed by atoms with E-state index in [0.717, 1.165) is 5.56 Å². The lowest BCUT2D eigenvalue weighted by Gasteiger charge is -2.08. The first kappa shape index (κ1) is 13.8. The van der Waals surface area contributed by atoms with E-state index in [9.17, 15) is 10.1 Å². The predicted molar refractivity (Wildman–Crippen MR) is 76.6 cm³/mol. The number of hydrogen-bond donors (Lipinski definition) is 1. The zero-order valence-electron chi connectivity index (χ0n) is 10.3. The van der Waals surface area contributed by atoms with Gasteiger partial charge in [-0.05, 0) is 23.8 Å². The first-order valence-electron chi connectivity index (χ1n) is 5.77. The molecule has 0 spiro atoms. The van der Waals surface area contributed by atoms with Crippen LogP contribution in [-0.4, -0.2) is 4.92 Å². The molecule has 1 N–H and O–H groups in total. The molecular weight excluding hydrogens is 278 g/mol. The van der Waals surface area contributed by atoms with Gasteiger partial charge in [0.1, 0.15) is 5.02 Å². The predicted octanol–water partition coefficient (Wildman–Crippen LogP) is 3.73. The van der Waals surface area contributed by atoms with Gasteiger partial charge in [-0.2, -0.15) is 5.26 Å². The maximum absolute atomic E-state index is 10.8. The highest BCUT2D eigenvalue weighted by atomic mass is 35.5. The molecule has 0 bridgehead atoms. The number of benzene rings is 2. The van der Waals surface area contributed by atoms with Crippen molar-refractivity contribution in [3.63, 3.8) is 0 Å². The quantitative estimate of drug-likeness (QED) is 0.686. The topological polar surface area (TPSA) is 79.0 Å². The Bertz CT molecular complexity index is 695. The number of hydrogen-bond acceptors (Lipinski definition) is 4. The minimum absolute atomic E-state index is 0.0953. The van der Waals surface area contributed by atoms with E-state index >= 15 is 0 Å². The fourth-order valence-electron chi connectivity index (χ4n) is 1.74. The third-order valence-corrected chi connectivity index (χ3v) is 3.08. The smallest absolute Gasteiger partial charge is 0.289 e. The molecule has 2 aromatic rings. The van der Waals surface area contributed by atoms with Crippen LogP contribution in [0.4, 0.5) is 11.4 Å². The molecule has 0 radical (unpaired) electrons. The van der Waals surface area contributed by atoms with Gasteiger partial charge in [0.2, 0.25) is 0 Å². The van der Waals surface area contributed by atoms with Crippen molar-refractivity contribution < 1.29 is 4.92 Å². The summed E-state index contributed by atoms with van der Waals surface area (Å²) >= 11 is 5.74. The molecule has 6 heteroatoms. The fourth-order valence-corrected chi connectivity index (χ4v) is 1.93. The van der Waals surface area contributed by atoms with Crippen LogP contribution in [0, 0.1) is 21.4 Å². The molecule has 0 aliphatic carbocycles. The summed E-state index contributed by atoms with van der Waals surface area (Å²) in [7, 11) is 0. The van der Waals surface area contributed by atoms with E-state index in [0.29, 0.717) is 17.8 Å². The van der Waals surface area contributed by atoms with Crippen LogP contribution in [0.15, 0.2) is 42.5 Å². The van der Waals surface area contributed by atoms with Crippen molar-refractivity contribution in [1.82, 2.24) is 0 Å². The van der Waals surface area contributed by atoms with Crippen molar-refractivity contribution >= 4 is 23.0 Å². The Morgan fingerprint density at radius 1 is 1.30 bits per heavy atom. The van der Waals surface area contributed by atoms with Crippen molar-refractivity contribution in [2.45, 2.75) is 6.54 Å². The number of nitrogens with zero attached hydrogens (tertiary/aromatic N) is 2. The monoisotopic (exact) mass is 287 g/mol. The van der Waals surface area contributed by atoms with E-state index < -0.39 is 4.92 Å². The molecule has 0 saturated heterocycles. The largest absolute Gasteiger partial charge is 0.381 e. The minimum Gasteiger partial charge on any atom is -0.381 e. The first-order valence-corrected chi connectivity index (χ1v) is 6.15. The molecule has 0 heterocycles. The second-order valence-corrected chi connectivity index (χ2v) is 4.45. The van der Waals surface area contributed by atoms with Gasteiger partial charge in [0.15, 0.2) is 0 Å². The second kappa shape index (κ2) is 6.04. The number of nitrogens with one attached hydrogen (secondary N) is 1. The Kier molecular flexibility index (Phi) is 4.18. The lowest BCUT2D eigenvalue weighted by atomic mass is 10.1. The molecule has 0 amide bonds. The molecule has 0 unspecified atom stereocenters. The highest BCUT2D eigenvalue weighted by Crippen LogP contribution is 2.27. The van der Waals surface area contributed by atoms with Gasteiger partial charge in [0.25, 0.3) is 5.69 Å². The van der Waals surface area contributed by atoms with Gasteiger partial charge < -0.3 is 5.32 Å². The molecule has 0 aliphatic heterocycles. The van der Waals surface area contributed by atoms with E-state index in [2.05, 4.69) is 11.4 Å². The van der Waals surface area contributed by atoms with Gasteiger partial charge in [0, 0.05) is 18.3 Å². The lowest BCUT2D eigenvalue weighted by molar-refractivity contribution is -0.384. The van der Waals surface area contributed by atoms with Crippen LogP contribution >= 0.6 is 11.6 Å². The van der Waals surface area contributed by atoms with Gasteiger partial charge in [-0.3, -0.25) is 10.1 Å². The Balaban J connectivity index is 2.18. The standard InChI is InChI=1S/C14H10ClN3O2/c15-13-6-5-12(7-14(13)18(19)20)17-9-11-4-2-1-3-10(11)8-16/h1-7,17H,9H2. The summed E-state index contributed by atoms with van der Waals surface area (Å²) in [5.74, 6) is 0. The summed E-state index contributed by atoms with van der Waals surface area (Å²) in [6.45, 7) is 0.405. The van der Waals surface area contributed by atoms with Gasteiger partial charge in [-0.15, -0.1) is 0 Å². The molecule has 100 valence electrons. The summed E-state index contributed by atoms with van der Waals surface area (Å²) < 4.78 is 0. The third-order valence-electron chi connectivity index (χ3n) is 2.76. The maximum Gasteiger partial charge on any atom is 0.289 e. The van der Waals surface area contributed by atoms with E-state index in [1.807, 2.05) is 12.1 Å². The van der Waals surface area contributed by atoms with Crippen molar-refractivity contribution in [2.75, 3.05) is 5.32 Å². The summed E-state index contributed by atoms with van der Waals surface area (Å²) in [5, 5.41) is 22.9. The van der Waals surface area contributed by atoms with Crippen LogP contribution in [0.2, 0.25) is 5.02 Å². The SMILES string of the molecule is N#Cc1ccccc1CNc1ccc(Cl)c([N+](=O)[O-])c1. The fraction of sp³-hybridized carbons (Fsp3) is 0.0714.